The van der Waals surface area contributed by atoms with Crippen molar-refractivity contribution in [3.05, 3.63) is 46.6 Å². The second-order valence-corrected chi connectivity index (χ2v) is 2.88. The summed E-state index contributed by atoms with van der Waals surface area (Å²) in [6, 6.07) is 5.94. The van der Waals surface area contributed by atoms with Crippen molar-refractivity contribution in [3.63, 3.8) is 0 Å². The van der Waals surface area contributed by atoms with Gasteiger partial charge in [-0.3, -0.25) is 0 Å². The van der Waals surface area contributed by atoms with Gasteiger partial charge in [0.2, 0.25) is 0 Å². The number of carboxylic acids is 1. The number of rotatable bonds is 2. The van der Waals surface area contributed by atoms with Crippen LogP contribution < -0.4 is 5.69 Å². The highest BCUT2D eigenvalue weighted by Gasteiger charge is 2.04. The third kappa shape index (κ3) is 1.64. The van der Waals surface area contributed by atoms with E-state index >= 15 is 0 Å². The second kappa shape index (κ2) is 3.41. The van der Waals surface area contributed by atoms with Gasteiger partial charge in [-0.25, -0.2) is 19.3 Å². The summed E-state index contributed by atoms with van der Waals surface area (Å²) >= 11 is 0. The third-order valence-electron chi connectivity index (χ3n) is 1.94. The number of carbonyl (C=O) groups is 1. The molecule has 0 spiro atoms. The van der Waals surface area contributed by atoms with Crippen LogP contribution in [0.25, 0.3) is 5.69 Å². The fraction of sp³-hybridized carbons (Fsp3) is 0. The molecule has 1 heterocycles. The number of aromatic amines is 1. The molecule has 0 saturated heterocycles. The summed E-state index contributed by atoms with van der Waals surface area (Å²) in [4.78, 5) is 21.7. The molecule has 0 atom stereocenters. The highest BCUT2D eigenvalue weighted by Crippen LogP contribution is 2.06. The number of carboxylic acid groups (broad SMARTS) is 1. The van der Waals surface area contributed by atoms with Gasteiger partial charge in [0.1, 0.15) is 6.33 Å². The number of hydrogen-bond donors (Lipinski definition) is 2. The van der Waals surface area contributed by atoms with Crippen LogP contribution in [0.2, 0.25) is 0 Å². The number of hydrogen-bond acceptors (Lipinski definition) is 3. The summed E-state index contributed by atoms with van der Waals surface area (Å²) in [5.41, 5.74) is 0.382. The van der Waals surface area contributed by atoms with E-state index in [1.54, 1.807) is 12.1 Å². The van der Waals surface area contributed by atoms with Gasteiger partial charge in [-0.2, -0.15) is 5.10 Å². The summed E-state index contributed by atoms with van der Waals surface area (Å²) < 4.78 is 1.28. The lowest BCUT2D eigenvalue weighted by Gasteiger charge is -1.99. The number of aromatic carboxylic acids is 1. The van der Waals surface area contributed by atoms with Crippen LogP contribution in [0.1, 0.15) is 10.4 Å². The molecule has 2 rings (SSSR count). The Labute approximate surface area is 83.8 Å². The third-order valence-corrected chi connectivity index (χ3v) is 1.94. The van der Waals surface area contributed by atoms with E-state index in [-0.39, 0.29) is 11.3 Å². The molecule has 0 saturated carbocycles. The number of nitrogens with zero attached hydrogens (tertiary/aromatic N) is 2. The number of benzene rings is 1. The fourth-order valence-electron chi connectivity index (χ4n) is 1.20. The maximum absolute atomic E-state index is 11.2. The zero-order valence-electron chi connectivity index (χ0n) is 7.54. The largest absolute Gasteiger partial charge is 0.478 e. The van der Waals surface area contributed by atoms with Crippen molar-refractivity contribution in [2.45, 2.75) is 0 Å². The monoisotopic (exact) mass is 205 g/mol. The zero-order chi connectivity index (χ0) is 10.8. The minimum atomic E-state index is -0.999. The molecule has 0 bridgehead atoms. The van der Waals surface area contributed by atoms with Gasteiger partial charge >= 0.3 is 11.7 Å². The van der Waals surface area contributed by atoms with Crippen LogP contribution in [0.5, 0.6) is 0 Å². The van der Waals surface area contributed by atoms with Gasteiger partial charge in [-0.1, -0.05) is 0 Å². The molecular weight excluding hydrogens is 198 g/mol. The van der Waals surface area contributed by atoms with Crippen molar-refractivity contribution in [1.82, 2.24) is 14.8 Å². The molecule has 1 aromatic carbocycles. The summed E-state index contributed by atoms with van der Waals surface area (Å²) in [5.74, 6) is -0.999. The van der Waals surface area contributed by atoms with Crippen LogP contribution in [0.3, 0.4) is 0 Å². The van der Waals surface area contributed by atoms with E-state index in [2.05, 4.69) is 10.2 Å². The molecule has 0 amide bonds. The summed E-state index contributed by atoms with van der Waals surface area (Å²) in [5, 5.41) is 14.5. The molecule has 0 radical (unpaired) electrons. The van der Waals surface area contributed by atoms with Gasteiger partial charge in [-0.05, 0) is 24.3 Å². The Balaban J connectivity index is 2.44. The molecule has 0 unspecified atom stereocenters. The number of nitrogens with one attached hydrogen (secondary N) is 1. The minimum absolute atomic E-state index is 0.176. The molecule has 2 N–H and O–H groups in total. The predicted octanol–water partition coefficient (Wildman–Crippen LogP) is 0.259. The fourth-order valence-corrected chi connectivity index (χ4v) is 1.20. The Morgan fingerprint density at radius 2 is 2.00 bits per heavy atom. The lowest BCUT2D eigenvalue weighted by molar-refractivity contribution is 0.0697. The van der Waals surface area contributed by atoms with E-state index < -0.39 is 5.97 Å². The molecule has 0 aliphatic heterocycles. The molecule has 2 aromatic rings. The quantitative estimate of drug-likeness (QED) is 0.736. The van der Waals surface area contributed by atoms with E-state index in [4.69, 9.17) is 5.11 Å². The average molecular weight is 205 g/mol. The van der Waals surface area contributed by atoms with Crippen molar-refractivity contribution >= 4 is 5.97 Å². The van der Waals surface area contributed by atoms with E-state index in [1.165, 1.54) is 23.0 Å². The Morgan fingerprint density at radius 3 is 2.47 bits per heavy atom. The first-order valence-corrected chi connectivity index (χ1v) is 4.14. The second-order valence-electron chi connectivity index (χ2n) is 2.88. The molecule has 76 valence electrons. The van der Waals surface area contributed by atoms with Crippen LogP contribution >= 0.6 is 0 Å². The van der Waals surface area contributed by atoms with Gasteiger partial charge in [0, 0.05) is 0 Å². The predicted molar refractivity (Wildman–Crippen MR) is 51.1 cm³/mol. The highest BCUT2D eigenvalue weighted by molar-refractivity contribution is 5.87. The van der Waals surface area contributed by atoms with E-state index in [0.29, 0.717) is 5.69 Å². The van der Waals surface area contributed by atoms with E-state index in [9.17, 15) is 9.59 Å². The SMILES string of the molecule is O=C(O)c1ccc(-n2cn[nH]c2=O)cc1. The van der Waals surface area contributed by atoms with Crippen LogP contribution in [0.4, 0.5) is 0 Å². The van der Waals surface area contributed by atoms with Gasteiger partial charge in [0.25, 0.3) is 0 Å². The molecule has 0 fully saturated rings. The minimum Gasteiger partial charge on any atom is -0.478 e. The Hall–Kier alpha value is -2.37. The average Bonchev–Trinajstić information content (AvgIpc) is 2.65. The first-order valence-electron chi connectivity index (χ1n) is 4.14. The topological polar surface area (TPSA) is 88.0 Å². The Bertz CT molecular complexity index is 538. The lowest BCUT2D eigenvalue weighted by Crippen LogP contribution is -2.14. The molecule has 0 aliphatic carbocycles. The van der Waals surface area contributed by atoms with Crippen molar-refractivity contribution in [1.29, 1.82) is 0 Å². The van der Waals surface area contributed by atoms with E-state index in [0.717, 1.165) is 0 Å². The lowest BCUT2D eigenvalue weighted by atomic mass is 10.2. The van der Waals surface area contributed by atoms with Crippen LogP contribution in [-0.4, -0.2) is 25.8 Å². The van der Waals surface area contributed by atoms with Gasteiger partial charge in [0.15, 0.2) is 0 Å². The standard InChI is InChI=1S/C9H7N3O3/c13-8(14)6-1-3-7(4-2-6)12-5-10-11-9(12)15/h1-5H,(H,11,15)(H,13,14). The first-order chi connectivity index (χ1) is 7.18. The van der Waals surface area contributed by atoms with Crippen LogP contribution in [0.15, 0.2) is 35.4 Å². The number of aromatic nitrogens is 3. The van der Waals surface area contributed by atoms with Crippen molar-refractivity contribution in [3.8, 4) is 5.69 Å². The van der Waals surface area contributed by atoms with Crippen molar-refractivity contribution in [2.24, 2.45) is 0 Å². The van der Waals surface area contributed by atoms with Crippen LogP contribution in [0, 0.1) is 0 Å². The molecular formula is C9H7N3O3. The summed E-state index contributed by atoms with van der Waals surface area (Å²) in [7, 11) is 0. The molecule has 6 nitrogen and oxygen atoms in total. The molecule has 0 aliphatic rings. The zero-order valence-corrected chi connectivity index (χ0v) is 7.54. The Morgan fingerprint density at radius 1 is 1.33 bits per heavy atom. The molecule has 6 heteroatoms. The molecule has 15 heavy (non-hydrogen) atoms. The van der Waals surface area contributed by atoms with E-state index in [1.807, 2.05) is 0 Å². The normalized spacial score (nSPS) is 10.1. The maximum atomic E-state index is 11.2. The smallest absolute Gasteiger partial charge is 0.347 e. The summed E-state index contributed by atoms with van der Waals surface area (Å²) in [6.07, 6.45) is 1.33. The highest BCUT2D eigenvalue weighted by atomic mass is 16.4. The number of H-pyrrole nitrogens is 1. The molecule has 1 aromatic heterocycles. The van der Waals surface area contributed by atoms with Gasteiger partial charge in [-0.15, -0.1) is 0 Å². The van der Waals surface area contributed by atoms with Crippen LogP contribution in [-0.2, 0) is 0 Å². The maximum Gasteiger partial charge on any atom is 0.347 e. The van der Waals surface area contributed by atoms with Crippen molar-refractivity contribution < 1.29 is 9.90 Å². The van der Waals surface area contributed by atoms with Crippen molar-refractivity contribution in [2.75, 3.05) is 0 Å². The Kier molecular flexibility index (Phi) is 2.09. The van der Waals surface area contributed by atoms with Gasteiger partial charge < -0.3 is 5.11 Å². The first kappa shape index (κ1) is 9.20. The van der Waals surface area contributed by atoms with Gasteiger partial charge in [0.05, 0.1) is 11.3 Å². The summed E-state index contributed by atoms with van der Waals surface area (Å²) in [6.45, 7) is 0.